The van der Waals surface area contributed by atoms with E-state index < -0.39 is 11.7 Å². The molecule has 1 aliphatic carbocycles. The summed E-state index contributed by atoms with van der Waals surface area (Å²) in [5, 5.41) is 0.709. The van der Waals surface area contributed by atoms with E-state index in [9.17, 15) is 18.0 Å². The first-order valence-corrected chi connectivity index (χ1v) is 10.4. The topological polar surface area (TPSA) is 44.1 Å². The van der Waals surface area contributed by atoms with Gasteiger partial charge in [-0.25, -0.2) is 4.79 Å². The first-order chi connectivity index (χ1) is 13.4. The summed E-state index contributed by atoms with van der Waals surface area (Å²) in [4.78, 5) is 16.9. The molecule has 1 atom stereocenters. The van der Waals surface area contributed by atoms with E-state index in [0.717, 1.165) is 67.7 Å². The van der Waals surface area contributed by atoms with Crippen LogP contribution < -0.4 is 5.69 Å². The second kappa shape index (κ2) is 7.91. The number of nitrogens with zero attached hydrogens (tertiary/aromatic N) is 2. The second-order valence-electron chi connectivity index (χ2n) is 7.21. The van der Waals surface area contributed by atoms with Crippen LogP contribution in [0.1, 0.15) is 41.6 Å². The van der Waals surface area contributed by atoms with Gasteiger partial charge in [0.1, 0.15) is 5.03 Å². The highest BCUT2D eigenvalue weighted by Crippen LogP contribution is 2.33. The lowest BCUT2D eigenvalue weighted by Gasteiger charge is -2.17. The fourth-order valence-electron chi connectivity index (χ4n) is 3.83. The average Bonchev–Trinajstić information content (AvgIpc) is 3.34. The maximum atomic E-state index is 12.7. The van der Waals surface area contributed by atoms with E-state index in [4.69, 9.17) is 4.74 Å². The summed E-state index contributed by atoms with van der Waals surface area (Å²) in [6, 6.07) is 5.14. The van der Waals surface area contributed by atoms with Gasteiger partial charge in [0.25, 0.3) is 0 Å². The molecule has 150 valence electrons. The van der Waals surface area contributed by atoms with Crippen molar-refractivity contribution in [3.63, 3.8) is 0 Å². The van der Waals surface area contributed by atoms with Gasteiger partial charge in [0.2, 0.25) is 0 Å². The van der Waals surface area contributed by atoms with Crippen molar-refractivity contribution in [2.75, 3.05) is 6.61 Å². The molecule has 2 aromatic rings. The largest absolute Gasteiger partial charge is 0.416 e. The Kier molecular flexibility index (Phi) is 5.51. The standard InChI is InChI=1S/C20H21F3N2O2S/c21-20(22,23)14-8-6-13(7-9-14)12-28-18-16-4-1-5-17(16)25(19(26)24-18)11-15-3-2-10-27-15/h6-9,15H,1-5,10-12H2. The van der Waals surface area contributed by atoms with Crippen molar-refractivity contribution in [1.82, 2.24) is 9.55 Å². The predicted octanol–water partition coefficient (Wildman–Crippen LogP) is 4.22. The van der Waals surface area contributed by atoms with E-state index in [2.05, 4.69) is 4.98 Å². The fraction of sp³-hybridized carbons (Fsp3) is 0.500. The lowest BCUT2D eigenvalue weighted by atomic mass is 10.1. The zero-order valence-electron chi connectivity index (χ0n) is 15.3. The van der Waals surface area contributed by atoms with Crippen LogP contribution in [0.3, 0.4) is 0 Å². The Morgan fingerprint density at radius 3 is 2.64 bits per heavy atom. The number of halogens is 3. The highest BCUT2D eigenvalue weighted by atomic mass is 32.2. The summed E-state index contributed by atoms with van der Waals surface area (Å²) in [5.74, 6) is 0.479. The third kappa shape index (κ3) is 4.12. The molecular formula is C20H21F3N2O2S. The Labute approximate surface area is 165 Å². The quantitative estimate of drug-likeness (QED) is 0.547. The maximum Gasteiger partial charge on any atom is 0.416 e. The molecule has 0 spiro atoms. The molecule has 0 amide bonds. The van der Waals surface area contributed by atoms with Crippen molar-refractivity contribution in [2.45, 2.75) is 61.7 Å². The molecule has 0 N–H and O–H groups in total. The molecular weight excluding hydrogens is 389 g/mol. The third-order valence-corrected chi connectivity index (χ3v) is 6.36. The first kappa shape index (κ1) is 19.5. The molecule has 4 rings (SSSR count). The Balaban J connectivity index is 1.51. The SMILES string of the molecule is O=c1nc(SCc2ccc(C(F)(F)F)cc2)c2c(n1CC1CCCO1)CCC2. The maximum absolute atomic E-state index is 12.7. The van der Waals surface area contributed by atoms with Crippen molar-refractivity contribution >= 4 is 11.8 Å². The molecule has 0 radical (unpaired) electrons. The van der Waals surface area contributed by atoms with Gasteiger partial charge in [0.05, 0.1) is 18.2 Å². The lowest BCUT2D eigenvalue weighted by molar-refractivity contribution is -0.137. The third-order valence-electron chi connectivity index (χ3n) is 5.27. The van der Waals surface area contributed by atoms with Crippen LogP contribution in [-0.2, 0) is 36.1 Å². The van der Waals surface area contributed by atoms with Gasteiger partial charge in [-0.2, -0.15) is 18.2 Å². The van der Waals surface area contributed by atoms with Crippen LogP contribution in [0.4, 0.5) is 13.2 Å². The van der Waals surface area contributed by atoms with Crippen molar-refractivity contribution in [1.29, 1.82) is 0 Å². The van der Waals surface area contributed by atoms with Gasteiger partial charge in [0.15, 0.2) is 0 Å². The number of aromatic nitrogens is 2. The lowest BCUT2D eigenvalue weighted by Crippen LogP contribution is -2.31. The molecule has 2 heterocycles. The minimum atomic E-state index is -4.33. The summed E-state index contributed by atoms with van der Waals surface area (Å²) in [7, 11) is 0. The second-order valence-corrected chi connectivity index (χ2v) is 8.17. The van der Waals surface area contributed by atoms with Gasteiger partial charge in [-0.1, -0.05) is 12.1 Å². The van der Waals surface area contributed by atoms with Crippen LogP contribution in [-0.4, -0.2) is 22.3 Å². The zero-order valence-corrected chi connectivity index (χ0v) is 16.1. The zero-order chi connectivity index (χ0) is 19.7. The fourth-order valence-corrected chi connectivity index (χ4v) is 4.86. The van der Waals surface area contributed by atoms with E-state index in [1.165, 1.54) is 23.9 Å². The molecule has 1 aromatic carbocycles. The Morgan fingerprint density at radius 2 is 1.96 bits per heavy atom. The average molecular weight is 410 g/mol. The molecule has 1 fully saturated rings. The number of benzene rings is 1. The molecule has 1 unspecified atom stereocenters. The van der Waals surface area contributed by atoms with Gasteiger partial charge in [-0.15, -0.1) is 11.8 Å². The van der Waals surface area contributed by atoms with Gasteiger partial charge in [-0.05, 0) is 49.8 Å². The van der Waals surface area contributed by atoms with E-state index in [-0.39, 0.29) is 11.8 Å². The molecule has 1 saturated heterocycles. The van der Waals surface area contributed by atoms with Gasteiger partial charge < -0.3 is 4.74 Å². The number of ether oxygens (including phenoxy) is 1. The van der Waals surface area contributed by atoms with Crippen LogP contribution >= 0.6 is 11.8 Å². The number of hydrogen-bond acceptors (Lipinski definition) is 4. The smallest absolute Gasteiger partial charge is 0.376 e. The molecule has 0 saturated carbocycles. The first-order valence-electron chi connectivity index (χ1n) is 9.45. The molecule has 1 aliphatic heterocycles. The molecule has 0 bridgehead atoms. The number of hydrogen-bond donors (Lipinski definition) is 0. The van der Waals surface area contributed by atoms with Crippen LogP contribution in [0.5, 0.6) is 0 Å². The Hall–Kier alpha value is -1.80. The summed E-state index contributed by atoms with van der Waals surface area (Å²) < 4.78 is 45.5. The van der Waals surface area contributed by atoms with Crippen LogP contribution in [0.15, 0.2) is 34.1 Å². The van der Waals surface area contributed by atoms with Crippen molar-refractivity contribution in [3.8, 4) is 0 Å². The monoisotopic (exact) mass is 410 g/mol. The summed E-state index contributed by atoms with van der Waals surface area (Å²) in [6.07, 6.45) is 0.454. The van der Waals surface area contributed by atoms with Crippen molar-refractivity contribution in [3.05, 3.63) is 57.1 Å². The van der Waals surface area contributed by atoms with Gasteiger partial charge in [-0.3, -0.25) is 4.57 Å². The normalized spacial score (nSPS) is 19.2. The van der Waals surface area contributed by atoms with E-state index >= 15 is 0 Å². The summed E-state index contributed by atoms with van der Waals surface area (Å²) >= 11 is 1.42. The highest BCUT2D eigenvalue weighted by Gasteiger charge is 2.30. The van der Waals surface area contributed by atoms with E-state index in [1.807, 2.05) is 0 Å². The van der Waals surface area contributed by atoms with Crippen molar-refractivity contribution in [2.24, 2.45) is 0 Å². The number of fused-ring (bicyclic) bond motifs is 1. The Bertz CT molecular complexity index is 903. The minimum absolute atomic E-state index is 0.0786. The van der Waals surface area contributed by atoms with Crippen LogP contribution in [0.2, 0.25) is 0 Å². The Morgan fingerprint density at radius 1 is 1.18 bits per heavy atom. The van der Waals surface area contributed by atoms with Crippen LogP contribution in [0.25, 0.3) is 0 Å². The number of alkyl halides is 3. The van der Waals surface area contributed by atoms with Gasteiger partial charge >= 0.3 is 11.9 Å². The number of thioether (sulfide) groups is 1. The highest BCUT2D eigenvalue weighted by molar-refractivity contribution is 7.98. The predicted molar refractivity (Wildman–Crippen MR) is 101 cm³/mol. The summed E-state index contributed by atoms with van der Waals surface area (Å²) in [5.41, 5.74) is 2.01. The van der Waals surface area contributed by atoms with Gasteiger partial charge in [0, 0.05) is 23.6 Å². The minimum Gasteiger partial charge on any atom is -0.376 e. The molecule has 1 aromatic heterocycles. The molecule has 8 heteroatoms. The molecule has 4 nitrogen and oxygen atoms in total. The number of rotatable bonds is 5. The van der Waals surface area contributed by atoms with Crippen molar-refractivity contribution < 1.29 is 17.9 Å². The summed E-state index contributed by atoms with van der Waals surface area (Å²) in [6.45, 7) is 1.30. The van der Waals surface area contributed by atoms with Crippen LogP contribution in [0, 0.1) is 0 Å². The molecule has 28 heavy (non-hydrogen) atoms. The van der Waals surface area contributed by atoms with E-state index in [0.29, 0.717) is 17.3 Å². The van der Waals surface area contributed by atoms with E-state index in [1.54, 1.807) is 4.57 Å². The molecule has 2 aliphatic rings.